The highest BCUT2D eigenvalue weighted by Gasteiger charge is 2.09. The second-order valence-electron chi connectivity index (χ2n) is 3.21. The van der Waals surface area contributed by atoms with Crippen molar-refractivity contribution in [2.75, 3.05) is 13.1 Å². The first-order chi connectivity index (χ1) is 6.67. The van der Waals surface area contributed by atoms with E-state index in [1.807, 2.05) is 25.7 Å². The lowest BCUT2D eigenvalue weighted by atomic mass is 10.4. The van der Waals surface area contributed by atoms with E-state index in [9.17, 15) is 0 Å². The molecule has 1 aromatic heterocycles. The largest absolute Gasteiger partial charge is 0.444 e. The summed E-state index contributed by atoms with van der Waals surface area (Å²) in [5.74, 6) is 1.55. The number of hydrogen-bond acceptors (Lipinski definition) is 4. The third kappa shape index (κ3) is 2.57. The SMILES string of the molecule is CCN(CC#N)Cc1nc(C)c(C)o1. The topological polar surface area (TPSA) is 53.1 Å². The van der Waals surface area contributed by atoms with E-state index in [-0.39, 0.29) is 0 Å². The quantitative estimate of drug-likeness (QED) is 0.682. The molecular weight excluding hydrogens is 178 g/mol. The highest BCUT2D eigenvalue weighted by molar-refractivity contribution is 5.05. The summed E-state index contributed by atoms with van der Waals surface area (Å²) >= 11 is 0. The van der Waals surface area contributed by atoms with Gasteiger partial charge < -0.3 is 4.42 Å². The third-order valence-corrected chi connectivity index (χ3v) is 2.17. The van der Waals surface area contributed by atoms with Crippen LogP contribution in [-0.2, 0) is 6.54 Å². The minimum Gasteiger partial charge on any atom is -0.444 e. The number of aryl methyl sites for hydroxylation is 2. The molecule has 0 saturated carbocycles. The summed E-state index contributed by atoms with van der Waals surface area (Å²) in [7, 11) is 0. The zero-order chi connectivity index (χ0) is 10.6. The minimum atomic E-state index is 0.414. The summed E-state index contributed by atoms with van der Waals surface area (Å²) in [5.41, 5.74) is 0.924. The smallest absolute Gasteiger partial charge is 0.208 e. The fraction of sp³-hybridized carbons (Fsp3) is 0.600. The van der Waals surface area contributed by atoms with Gasteiger partial charge in [-0.3, -0.25) is 4.90 Å². The molecule has 14 heavy (non-hydrogen) atoms. The van der Waals surface area contributed by atoms with Gasteiger partial charge in [0.2, 0.25) is 5.89 Å². The lowest BCUT2D eigenvalue weighted by molar-refractivity contribution is 0.275. The van der Waals surface area contributed by atoms with Gasteiger partial charge in [-0.15, -0.1) is 0 Å². The van der Waals surface area contributed by atoms with Crippen molar-refractivity contribution in [3.05, 3.63) is 17.3 Å². The van der Waals surface area contributed by atoms with Gasteiger partial charge in [-0.05, 0) is 20.4 Å². The molecule has 1 heterocycles. The van der Waals surface area contributed by atoms with E-state index in [0.717, 1.165) is 18.0 Å². The van der Waals surface area contributed by atoms with Crippen molar-refractivity contribution < 1.29 is 4.42 Å². The molecule has 0 unspecified atom stereocenters. The number of nitriles is 1. The molecule has 1 aromatic rings. The minimum absolute atomic E-state index is 0.414. The Balaban J connectivity index is 2.63. The van der Waals surface area contributed by atoms with Crippen molar-refractivity contribution in [2.24, 2.45) is 0 Å². The van der Waals surface area contributed by atoms with Crippen molar-refractivity contribution in [3.63, 3.8) is 0 Å². The van der Waals surface area contributed by atoms with Crippen molar-refractivity contribution in [1.82, 2.24) is 9.88 Å². The van der Waals surface area contributed by atoms with Crippen LogP contribution in [0, 0.1) is 25.2 Å². The monoisotopic (exact) mass is 193 g/mol. The Morgan fingerprint density at radius 1 is 1.50 bits per heavy atom. The normalized spacial score (nSPS) is 10.5. The first kappa shape index (κ1) is 10.7. The van der Waals surface area contributed by atoms with Gasteiger partial charge in [0.25, 0.3) is 0 Å². The molecule has 0 fully saturated rings. The Kier molecular flexibility index (Phi) is 3.66. The maximum Gasteiger partial charge on any atom is 0.208 e. The fourth-order valence-corrected chi connectivity index (χ4v) is 1.18. The van der Waals surface area contributed by atoms with E-state index in [4.69, 9.17) is 9.68 Å². The molecule has 0 bridgehead atoms. The number of hydrogen-bond donors (Lipinski definition) is 0. The molecule has 0 aliphatic carbocycles. The van der Waals surface area contributed by atoms with Gasteiger partial charge in [0.05, 0.1) is 24.9 Å². The van der Waals surface area contributed by atoms with E-state index in [2.05, 4.69) is 11.1 Å². The second kappa shape index (κ2) is 4.77. The Morgan fingerprint density at radius 2 is 2.21 bits per heavy atom. The standard InChI is InChI=1S/C10H15N3O/c1-4-13(6-5-11)7-10-12-8(2)9(3)14-10/h4,6-7H2,1-3H3. The first-order valence-corrected chi connectivity index (χ1v) is 4.69. The number of rotatable bonds is 4. The average Bonchev–Trinajstić information content (AvgIpc) is 2.45. The van der Waals surface area contributed by atoms with Crippen LogP contribution in [0.25, 0.3) is 0 Å². The summed E-state index contributed by atoms with van der Waals surface area (Å²) in [4.78, 5) is 6.24. The second-order valence-corrected chi connectivity index (χ2v) is 3.21. The molecule has 0 atom stereocenters. The molecule has 0 amide bonds. The van der Waals surface area contributed by atoms with E-state index >= 15 is 0 Å². The highest BCUT2D eigenvalue weighted by Crippen LogP contribution is 2.10. The van der Waals surface area contributed by atoms with Crippen molar-refractivity contribution in [1.29, 1.82) is 5.26 Å². The molecular formula is C10H15N3O. The Morgan fingerprint density at radius 3 is 2.64 bits per heavy atom. The molecule has 0 saturated heterocycles. The molecule has 76 valence electrons. The van der Waals surface area contributed by atoms with Crippen LogP contribution in [0.15, 0.2) is 4.42 Å². The summed E-state index contributed by atoms with van der Waals surface area (Å²) in [5, 5.41) is 8.56. The first-order valence-electron chi connectivity index (χ1n) is 4.69. The van der Waals surface area contributed by atoms with Gasteiger partial charge in [0.1, 0.15) is 5.76 Å². The maximum atomic E-state index is 8.56. The highest BCUT2D eigenvalue weighted by atomic mass is 16.4. The predicted molar refractivity (Wildman–Crippen MR) is 52.5 cm³/mol. The van der Waals surface area contributed by atoms with E-state index in [1.165, 1.54) is 0 Å². The molecule has 0 aromatic carbocycles. The molecule has 4 heteroatoms. The van der Waals surface area contributed by atoms with Crippen LogP contribution in [-0.4, -0.2) is 23.0 Å². The molecule has 0 aliphatic heterocycles. The third-order valence-electron chi connectivity index (χ3n) is 2.17. The zero-order valence-corrected chi connectivity index (χ0v) is 8.87. The van der Waals surface area contributed by atoms with Crippen LogP contribution in [0.3, 0.4) is 0 Å². The van der Waals surface area contributed by atoms with Gasteiger partial charge in [-0.1, -0.05) is 6.92 Å². The average molecular weight is 193 g/mol. The number of aromatic nitrogens is 1. The van der Waals surface area contributed by atoms with E-state index in [0.29, 0.717) is 19.0 Å². The Hall–Kier alpha value is -1.34. The van der Waals surface area contributed by atoms with Gasteiger partial charge in [-0.25, -0.2) is 4.98 Å². The van der Waals surface area contributed by atoms with Crippen molar-refractivity contribution in [2.45, 2.75) is 27.3 Å². The van der Waals surface area contributed by atoms with Crippen molar-refractivity contribution >= 4 is 0 Å². The predicted octanol–water partition coefficient (Wildman–Crippen LogP) is 1.64. The molecule has 1 rings (SSSR count). The number of oxazole rings is 1. The van der Waals surface area contributed by atoms with Gasteiger partial charge >= 0.3 is 0 Å². The lowest BCUT2D eigenvalue weighted by Gasteiger charge is -2.13. The summed E-state index contributed by atoms with van der Waals surface area (Å²) < 4.78 is 5.43. The Bertz CT molecular complexity index is 318. The maximum absolute atomic E-state index is 8.56. The van der Waals surface area contributed by atoms with E-state index < -0.39 is 0 Å². The van der Waals surface area contributed by atoms with Crippen LogP contribution < -0.4 is 0 Å². The summed E-state index contributed by atoms with van der Waals surface area (Å²) in [6.07, 6.45) is 0. The molecule has 4 nitrogen and oxygen atoms in total. The number of nitrogens with zero attached hydrogens (tertiary/aromatic N) is 3. The summed E-state index contributed by atoms with van der Waals surface area (Å²) in [6.45, 7) is 7.68. The van der Waals surface area contributed by atoms with E-state index in [1.54, 1.807) is 0 Å². The Labute approximate surface area is 84.2 Å². The van der Waals surface area contributed by atoms with Gasteiger partial charge in [0.15, 0.2) is 0 Å². The molecule has 0 aliphatic rings. The van der Waals surface area contributed by atoms with Crippen molar-refractivity contribution in [3.8, 4) is 6.07 Å². The molecule has 0 N–H and O–H groups in total. The fourth-order valence-electron chi connectivity index (χ4n) is 1.18. The van der Waals surface area contributed by atoms with Crippen LogP contribution in [0.4, 0.5) is 0 Å². The van der Waals surface area contributed by atoms with Crippen LogP contribution in [0.1, 0.15) is 24.3 Å². The van der Waals surface area contributed by atoms with Crippen LogP contribution in [0.2, 0.25) is 0 Å². The van der Waals surface area contributed by atoms with Gasteiger partial charge in [-0.2, -0.15) is 5.26 Å². The molecule has 0 radical (unpaired) electrons. The summed E-state index contributed by atoms with van der Waals surface area (Å²) in [6, 6.07) is 2.12. The zero-order valence-electron chi connectivity index (χ0n) is 8.87. The van der Waals surface area contributed by atoms with Gasteiger partial charge in [0, 0.05) is 0 Å². The van der Waals surface area contributed by atoms with Crippen LogP contribution >= 0.6 is 0 Å². The molecule has 0 spiro atoms. The lowest BCUT2D eigenvalue weighted by Crippen LogP contribution is -2.23. The van der Waals surface area contributed by atoms with Crippen LogP contribution in [0.5, 0.6) is 0 Å².